The molecule has 1 heterocycles. The Bertz CT molecular complexity index is 1440. The number of benzene rings is 4. The van der Waals surface area contributed by atoms with Gasteiger partial charge in [0.25, 0.3) is 0 Å². The van der Waals surface area contributed by atoms with Gasteiger partial charge in [-0.25, -0.2) is 0 Å². The van der Waals surface area contributed by atoms with Crippen molar-refractivity contribution in [1.82, 2.24) is 4.98 Å². The summed E-state index contributed by atoms with van der Waals surface area (Å²) in [6.45, 7) is 2.85. The van der Waals surface area contributed by atoms with Gasteiger partial charge in [0.05, 0.1) is 11.3 Å². The van der Waals surface area contributed by atoms with Crippen LogP contribution in [0.3, 0.4) is 0 Å². The van der Waals surface area contributed by atoms with Gasteiger partial charge in [0.1, 0.15) is 0 Å². The molecule has 3 nitrogen and oxygen atoms in total. The Morgan fingerprint density at radius 1 is 0.844 bits per heavy atom. The monoisotopic (exact) mass is 597 g/mol. The van der Waals surface area contributed by atoms with Crippen molar-refractivity contribution in [3.8, 4) is 11.3 Å². The second-order valence-corrected chi connectivity index (χ2v) is 7.40. The summed E-state index contributed by atoms with van der Waals surface area (Å²) in [4.78, 5) is 15.0. The number of aliphatic hydroxyl groups excluding tert-OH is 1. The minimum Gasteiger partial charge on any atom is -0.512 e. The van der Waals surface area contributed by atoms with E-state index in [9.17, 15) is 4.79 Å². The molecule has 0 fully saturated rings. The second-order valence-electron chi connectivity index (χ2n) is 7.40. The van der Waals surface area contributed by atoms with E-state index >= 15 is 0 Å². The minimum atomic E-state index is -0.125. The van der Waals surface area contributed by atoms with E-state index in [0.29, 0.717) is 0 Å². The van der Waals surface area contributed by atoms with E-state index in [2.05, 4.69) is 84.9 Å². The van der Waals surface area contributed by atoms with Crippen LogP contribution in [0.15, 0.2) is 96.8 Å². The van der Waals surface area contributed by atoms with Crippen molar-refractivity contribution in [3.05, 3.63) is 103 Å². The van der Waals surface area contributed by atoms with Crippen LogP contribution in [0.5, 0.6) is 0 Å². The summed E-state index contributed by atoms with van der Waals surface area (Å²) in [6.07, 6.45) is 1.17. The van der Waals surface area contributed by atoms with Crippen LogP contribution in [0.4, 0.5) is 0 Å². The maximum absolute atomic E-state index is 10.0. The van der Waals surface area contributed by atoms with Crippen molar-refractivity contribution in [1.29, 1.82) is 0 Å². The number of rotatable bonds is 2. The number of allylic oxidation sites excluding steroid dienone is 2. The van der Waals surface area contributed by atoms with Crippen molar-refractivity contribution in [2.75, 3.05) is 0 Å². The first-order valence-corrected chi connectivity index (χ1v) is 10.1. The van der Waals surface area contributed by atoms with Crippen LogP contribution < -0.4 is 0 Å². The third-order valence-electron chi connectivity index (χ3n) is 4.95. The Morgan fingerprint density at radius 3 is 2.09 bits per heavy atom. The minimum absolute atomic E-state index is 0. The van der Waals surface area contributed by atoms with Crippen molar-refractivity contribution in [2.45, 2.75) is 13.8 Å². The SMILES string of the molecule is CC(=O)/C=C(/C)O.[Ir].[c-]1cc2ccccc2cc1-c1nc2ccccc2c2ccccc12. The third-order valence-corrected chi connectivity index (χ3v) is 4.95. The fraction of sp³-hybridized carbons (Fsp3) is 0.0714. The van der Waals surface area contributed by atoms with E-state index in [-0.39, 0.29) is 31.6 Å². The topological polar surface area (TPSA) is 50.2 Å². The molecule has 0 aliphatic rings. The molecule has 0 bridgehead atoms. The summed E-state index contributed by atoms with van der Waals surface area (Å²) in [5.74, 6) is -0.0625. The first-order valence-electron chi connectivity index (χ1n) is 10.1. The van der Waals surface area contributed by atoms with Gasteiger partial charge in [-0.15, -0.1) is 29.1 Å². The average molecular weight is 597 g/mol. The van der Waals surface area contributed by atoms with Crippen molar-refractivity contribution in [3.63, 3.8) is 0 Å². The zero-order valence-corrected chi connectivity index (χ0v) is 20.2. The number of nitrogens with zero attached hydrogens (tertiary/aromatic N) is 1. The van der Waals surface area contributed by atoms with Gasteiger partial charge in [-0.1, -0.05) is 72.1 Å². The summed E-state index contributed by atoms with van der Waals surface area (Å²) < 4.78 is 0. The molecule has 0 aliphatic carbocycles. The van der Waals surface area contributed by atoms with Gasteiger partial charge in [0.2, 0.25) is 0 Å². The van der Waals surface area contributed by atoms with Crippen molar-refractivity contribution in [2.24, 2.45) is 0 Å². The Morgan fingerprint density at radius 2 is 1.44 bits per heavy atom. The number of fused-ring (bicyclic) bond motifs is 4. The fourth-order valence-electron chi connectivity index (χ4n) is 3.67. The van der Waals surface area contributed by atoms with E-state index in [1.165, 1.54) is 46.9 Å². The van der Waals surface area contributed by atoms with E-state index in [0.717, 1.165) is 16.8 Å². The van der Waals surface area contributed by atoms with Crippen LogP contribution in [0.2, 0.25) is 0 Å². The zero-order valence-electron chi connectivity index (χ0n) is 17.8. The number of aliphatic hydroxyl groups is 1. The molecule has 0 aliphatic heterocycles. The largest absolute Gasteiger partial charge is 0.512 e. The molecule has 5 aromatic rings. The summed E-state index contributed by atoms with van der Waals surface area (Å²) in [7, 11) is 0. The molecule has 0 saturated carbocycles. The molecule has 4 heteroatoms. The molecule has 0 unspecified atom stereocenters. The molecule has 0 spiro atoms. The van der Waals surface area contributed by atoms with E-state index in [1.807, 2.05) is 6.07 Å². The Hall–Kier alpha value is -3.33. The van der Waals surface area contributed by atoms with E-state index in [1.54, 1.807) is 0 Å². The quantitative estimate of drug-likeness (QED) is 0.103. The predicted molar refractivity (Wildman–Crippen MR) is 128 cm³/mol. The van der Waals surface area contributed by atoms with Crippen LogP contribution in [0, 0.1) is 6.07 Å². The van der Waals surface area contributed by atoms with Crippen LogP contribution in [0.25, 0.3) is 43.7 Å². The maximum atomic E-state index is 10.0. The number of carbonyl (C=O) groups excluding carboxylic acids is 1. The number of hydrogen-bond donors (Lipinski definition) is 1. The van der Waals surface area contributed by atoms with Crippen molar-refractivity contribution < 1.29 is 30.0 Å². The van der Waals surface area contributed by atoms with Gasteiger partial charge in [-0.2, -0.15) is 0 Å². The van der Waals surface area contributed by atoms with E-state index in [4.69, 9.17) is 10.1 Å². The molecule has 1 radical (unpaired) electrons. The maximum Gasteiger partial charge on any atom is 0.155 e. The Balaban J connectivity index is 0.000000318. The number of hydrogen-bond acceptors (Lipinski definition) is 3. The van der Waals surface area contributed by atoms with Crippen molar-refractivity contribution >= 4 is 38.2 Å². The number of ketones is 1. The van der Waals surface area contributed by atoms with Gasteiger partial charge in [0.15, 0.2) is 5.78 Å². The zero-order chi connectivity index (χ0) is 21.8. The number of carbonyl (C=O) groups is 1. The Labute approximate surface area is 200 Å². The van der Waals surface area contributed by atoms with Crippen LogP contribution >= 0.6 is 0 Å². The summed E-state index contributed by atoms with van der Waals surface area (Å²) in [5, 5.41) is 14.4. The average Bonchev–Trinajstić information content (AvgIpc) is 2.78. The molecule has 1 N–H and O–H groups in total. The number of aromatic nitrogens is 1. The van der Waals surface area contributed by atoms with Gasteiger partial charge < -0.3 is 5.11 Å². The standard InChI is InChI=1S/C23H14N.C5H8O2.Ir/c1-2-8-17-15-18(14-13-16(17)7-1)23-21-11-4-3-9-19(21)20-10-5-6-12-22(20)24-23;1-4(6)3-5(2)7;/h1-13,15H;3,6H,1-2H3;/q-1;;/b;4-3-;. The molecule has 161 valence electrons. The molecule has 32 heavy (non-hydrogen) atoms. The number of pyridine rings is 1. The van der Waals surface area contributed by atoms with Crippen LogP contribution in [-0.4, -0.2) is 15.9 Å². The van der Waals surface area contributed by atoms with Gasteiger partial charge >= 0.3 is 0 Å². The first kappa shape index (κ1) is 23.3. The Kier molecular flexibility index (Phi) is 7.53. The molecular weight excluding hydrogens is 575 g/mol. The number of para-hydroxylation sites is 1. The molecule has 0 atom stereocenters. The van der Waals surface area contributed by atoms with Gasteiger partial charge in [-0.3, -0.25) is 9.78 Å². The van der Waals surface area contributed by atoms with Gasteiger partial charge in [-0.05, 0) is 36.4 Å². The predicted octanol–water partition coefficient (Wildman–Crippen LogP) is 7.04. The van der Waals surface area contributed by atoms with E-state index < -0.39 is 0 Å². The first-order chi connectivity index (χ1) is 15.0. The second kappa shape index (κ2) is 10.3. The molecular formula is C28H22IrNO2-. The van der Waals surface area contributed by atoms with Crippen LogP contribution in [0.1, 0.15) is 13.8 Å². The van der Waals surface area contributed by atoms with Gasteiger partial charge in [0, 0.05) is 31.6 Å². The fourth-order valence-corrected chi connectivity index (χ4v) is 3.67. The molecule has 0 amide bonds. The molecule has 4 aromatic carbocycles. The van der Waals surface area contributed by atoms with Crippen LogP contribution in [-0.2, 0) is 24.9 Å². The summed E-state index contributed by atoms with van der Waals surface area (Å²) >= 11 is 0. The summed E-state index contributed by atoms with van der Waals surface area (Å²) in [6, 6.07) is 32.8. The summed E-state index contributed by atoms with van der Waals surface area (Å²) in [5.41, 5.74) is 3.05. The molecule has 1 aromatic heterocycles. The molecule has 0 saturated heterocycles. The third kappa shape index (κ3) is 5.11. The molecule has 5 rings (SSSR count). The smallest absolute Gasteiger partial charge is 0.155 e. The normalized spacial score (nSPS) is 11.0.